The molecule has 0 spiro atoms. The van der Waals surface area contributed by atoms with Crippen molar-refractivity contribution in [2.24, 2.45) is 0 Å². The monoisotopic (exact) mass is 541 g/mol. The van der Waals surface area contributed by atoms with Crippen LogP contribution in [0.4, 0.5) is 0 Å². The first-order valence-electron chi connectivity index (χ1n) is 14.0. The van der Waals surface area contributed by atoms with Crippen LogP contribution in [0.1, 0.15) is 60.5 Å². The van der Waals surface area contributed by atoms with Gasteiger partial charge in [0.15, 0.2) is 0 Å². The van der Waals surface area contributed by atoms with E-state index in [2.05, 4.69) is 16.0 Å². The molecule has 0 unspecified atom stereocenters. The van der Waals surface area contributed by atoms with E-state index in [4.69, 9.17) is 4.74 Å². The molecular weight excluding hydrogens is 502 g/mol. The Balaban J connectivity index is 1.55. The zero-order valence-electron chi connectivity index (χ0n) is 23.3. The average Bonchev–Trinajstić information content (AvgIpc) is 2.98. The van der Waals surface area contributed by atoms with Crippen molar-refractivity contribution >= 4 is 17.7 Å². The lowest BCUT2D eigenvalue weighted by Gasteiger charge is -2.32. The summed E-state index contributed by atoms with van der Waals surface area (Å²) in [6.07, 6.45) is 6.13. The topological polar surface area (TPSA) is 96.5 Å². The molecule has 0 heterocycles. The van der Waals surface area contributed by atoms with E-state index in [9.17, 15) is 14.4 Å². The van der Waals surface area contributed by atoms with Crippen LogP contribution in [0, 0.1) is 0 Å². The van der Waals surface area contributed by atoms with E-state index in [0.717, 1.165) is 36.8 Å². The molecule has 0 bridgehead atoms. The van der Waals surface area contributed by atoms with E-state index in [1.807, 2.05) is 60.7 Å². The van der Waals surface area contributed by atoms with Gasteiger partial charge < -0.3 is 15.4 Å². The zero-order valence-corrected chi connectivity index (χ0v) is 23.3. The molecule has 0 radical (unpaired) electrons. The Labute approximate surface area is 236 Å². The first kappa shape index (κ1) is 29.0. The number of methoxy groups -OCH3 is 1. The van der Waals surface area contributed by atoms with E-state index in [1.165, 1.54) is 6.42 Å². The lowest BCUT2D eigenvalue weighted by molar-refractivity contribution is -0.135. The SMILES string of the molecule is COc1ccc(C[C@@](C)(NC(=O)c2ccccc2)C(=O)NC(=O)[C@H](Cc2ccccc2)NC2CCCCC2)cc1. The molecule has 1 saturated carbocycles. The van der Waals surface area contributed by atoms with E-state index in [0.29, 0.717) is 17.7 Å². The Morgan fingerprint density at radius 2 is 1.48 bits per heavy atom. The van der Waals surface area contributed by atoms with Gasteiger partial charge in [-0.1, -0.05) is 79.9 Å². The van der Waals surface area contributed by atoms with E-state index in [-0.39, 0.29) is 18.4 Å². The zero-order chi connectivity index (χ0) is 28.4. The fourth-order valence-corrected chi connectivity index (χ4v) is 5.21. The maximum absolute atomic E-state index is 13.8. The van der Waals surface area contributed by atoms with Gasteiger partial charge in [-0.05, 0) is 61.6 Å². The number of ether oxygens (including phenoxy) is 1. The Bertz CT molecular complexity index is 1260. The third-order valence-electron chi connectivity index (χ3n) is 7.52. The highest BCUT2D eigenvalue weighted by Gasteiger charge is 2.38. The normalized spacial score (nSPS) is 15.8. The Morgan fingerprint density at radius 1 is 0.850 bits per heavy atom. The molecule has 7 nitrogen and oxygen atoms in total. The van der Waals surface area contributed by atoms with Crippen molar-refractivity contribution < 1.29 is 19.1 Å². The average molecular weight is 542 g/mol. The van der Waals surface area contributed by atoms with Crippen LogP contribution in [-0.2, 0) is 22.4 Å². The molecule has 3 aromatic carbocycles. The van der Waals surface area contributed by atoms with Gasteiger partial charge in [0.2, 0.25) is 5.91 Å². The van der Waals surface area contributed by atoms with Gasteiger partial charge >= 0.3 is 0 Å². The van der Waals surface area contributed by atoms with Gasteiger partial charge in [0, 0.05) is 18.0 Å². The Hall–Kier alpha value is -3.97. The first-order valence-corrected chi connectivity index (χ1v) is 14.0. The highest BCUT2D eigenvalue weighted by atomic mass is 16.5. The maximum Gasteiger partial charge on any atom is 0.252 e. The molecule has 3 aromatic rings. The van der Waals surface area contributed by atoms with Gasteiger partial charge in [0.25, 0.3) is 11.8 Å². The van der Waals surface area contributed by atoms with Gasteiger partial charge in [-0.25, -0.2) is 0 Å². The smallest absolute Gasteiger partial charge is 0.252 e. The van der Waals surface area contributed by atoms with Gasteiger partial charge in [-0.15, -0.1) is 0 Å². The summed E-state index contributed by atoms with van der Waals surface area (Å²) >= 11 is 0. The van der Waals surface area contributed by atoms with Crippen LogP contribution in [0.5, 0.6) is 5.75 Å². The van der Waals surface area contributed by atoms with Crippen molar-refractivity contribution in [1.29, 1.82) is 0 Å². The third-order valence-corrected chi connectivity index (χ3v) is 7.52. The minimum absolute atomic E-state index is 0.189. The molecule has 40 heavy (non-hydrogen) atoms. The largest absolute Gasteiger partial charge is 0.497 e. The number of hydrogen-bond donors (Lipinski definition) is 3. The fraction of sp³-hybridized carbons (Fsp3) is 0.364. The summed E-state index contributed by atoms with van der Waals surface area (Å²) in [6, 6.07) is 25.5. The highest BCUT2D eigenvalue weighted by molar-refractivity contribution is 6.05. The number of nitrogens with one attached hydrogen (secondary N) is 3. The summed E-state index contributed by atoms with van der Waals surface area (Å²) in [7, 11) is 1.59. The van der Waals surface area contributed by atoms with Gasteiger partial charge in [-0.2, -0.15) is 0 Å². The van der Waals surface area contributed by atoms with Gasteiger partial charge in [0.1, 0.15) is 11.3 Å². The van der Waals surface area contributed by atoms with E-state index in [1.54, 1.807) is 38.3 Å². The minimum atomic E-state index is -1.39. The molecule has 0 aliphatic heterocycles. The van der Waals surface area contributed by atoms with Gasteiger partial charge in [-0.3, -0.25) is 19.7 Å². The van der Waals surface area contributed by atoms with E-state index >= 15 is 0 Å². The number of benzene rings is 3. The Morgan fingerprint density at radius 3 is 2.10 bits per heavy atom. The lowest BCUT2D eigenvalue weighted by Crippen LogP contribution is -2.61. The van der Waals surface area contributed by atoms with Crippen molar-refractivity contribution in [3.8, 4) is 5.75 Å². The van der Waals surface area contributed by atoms with Crippen LogP contribution in [0.3, 0.4) is 0 Å². The molecule has 0 aromatic heterocycles. The fourth-order valence-electron chi connectivity index (χ4n) is 5.21. The van der Waals surface area contributed by atoms with Gasteiger partial charge in [0.05, 0.1) is 13.2 Å². The molecular formula is C33H39N3O4. The minimum Gasteiger partial charge on any atom is -0.497 e. The second kappa shape index (κ2) is 13.9. The van der Waals surface area contributed by atoms with E-state index < -0.39 is 23.4 Å². The molecule has 1 fully saturated rings. The summed E-state index contributed by atoms with van der Waals surface area (Å²) in [5.41, 5.74) is 0.875. The molecule has 1 aliphatic carbocycles. The summed E-state index contributed by atoms with van der Waals surface area (Å²) < 4.78 is 5.26. The molecule has 3 N–H and O–H groups in total. The predicted octanol–water partition coefficient (Wildman–Crippen LogP) is 4.60. The van der Waals surface area contributed by atoms with Crippen LogP contribution in [0.25, 0.3) is 0 Å². The summed E-state index contributed by atoms with van der Waals surface area (Å²) in [4.78, 5) is 40.6. The standard InChI is InChI=1S/C33H39N3O4/c1-33(23-25-18-20-28(40-2)21-19-25,36-30(37)26-14-8-4-9-15-26)32(39)35-31(38)29(22-24-12-6-3-7-13-24)34-27-16-10-5-11-17-27/h3-4,6-9,12-15,18-21,27,29,34H,5,10-11,16-17,22-23H2,1-2H3,(H,36,37)(H,35,38,39)/t29-,33+/m0/s1. The summed E-state index contributed by atoms with van der Waals surface area (Å²) in [6.45, 7) is 1.65. The van der Waals surface area contributed by atoms with Crippen LogP contribution in [0.2, 0.25) is 0 Å². The van der Waals surface area contributed by atoms with Crippen molar-refractivity contribution in [2.75, 3.05) is 7.11 Å². The Kier molecular flexibility index (Phi) is 10.1. The lowest BCUT2D eigenvalue weighted by atomic mass is 9.90. The van der Waals surface area contributed by atoms with Crippen LogP contribution < -0.4 is 20.7 Å². The van der Waals surface area contributed by atoms with Crippen molar-refractivity contribution in [1.82, 2.24) is 16.0 Å². The van der Waals surface area contributed by atoms with Crippen LogP contribution >= 0.6 is 0 Å². The number of imide groups is 1. The number of carbonyl (C=O) groups is 3. The molecule has 0 saturated heterocycles. The van der Waals surface area contributed by atoms with Crippen molar-refractivity contribution in [2.45, 2.75) is 69.5 Å². The molecule has 4 rings (SSSR count). The molecule has 2 atom stereocenters. The summed E-state index contributed by atoms with van der Waals surface area (Å²) in [5, 5.41) is 9.08. The first-order chi connectivity index (χ1) is 19.4. The second-order valence-electron chi connectivity index (χ2n) is 10.7. The highest BCUT2D eigenvalue weighted by Crippen LogP contribution is 2.20. The quantitative estimate of drug-likeness (QED) is 0.330. The van der Waals surface area contributed by atoms with Crippen molar-refractivity contribution in [3.63, 3.8) is 0 Å². The molecule has 1 aliphatic rings. The summed E-state index contributed by atoms with van der Waals surface area (Å²) in [5.74, 6) is -0.647. The third kappa shape index (κ3) is 8.02. The molecule has 210 valence electrons. The molecule has 7 heteroatoms. The number of amides is 3. The second-order valence-corrected chi connectivity index (χ2v) is 10.7. The molecule has 3 amide bonds. The number of hydrogen-bond acceptors (Lipinski definition) is 5. The van der Waals surface area contributed by atoms with Crippen molar-refractivity contribution in [3.05, 3.63) is 102 Å². The van der Waals surface area contributed by atoms with Crippen LogP contribution in [0.15, 0.2) is 84.9 Å². The maximum atomic E-state index is 13.8. The predicted molar refractivity (Wildman–Crippen MR) is 156 cm³/mol. The van der Waals surface area contributed by atoms with Crippen LogP contribution in [-0.4, -0.2) is 42.5 Å². The number of rotatable bonds is 11. The number of carbonyl (C=O) groups excluding carboxylic acids is 3.